The first-order valence-corrected chi connectivity index (χ1v) is 11.7. The normalized spacial score (nSPS) is 17.9. The van der Waals surface area contributed by atoms with E-state index in [4.69, 9.17) is 12.2 Å². The molecule has 1 aliphatic rings. The van der Waals surface area contributed by atoms with Gasteiger partial charge in [0.05, 0.1) is 17.8 Å². The number of hydrogen-bond acceptors (Lipinski definition) is 2. The highest BCUT2D eigenvalue weighted by atomic mass is 32.1. The summed E-state index contributed by atoms with van der Waals surface area (Å²) in [5.74, 6) is 0. The predicted octanol–water partition coefficient (Wildman–Crippen LogP) is 6.28. The maximum Gasteiger partial charge on any atom is 0.174 e. The highest BCUT2D eigenvalue weighted by Crippen LogP contribution is 2.43. The van der Waals surface area contributed by atoms with Crippen molar-refractivity contribution in [2.75, 3.05) is 4.90 Å². The molecule has 1 N–H and O–H groups in total. The van der Waals surface area contributed by atoms with E-state index in [0.29, 0.717) is 0 Å². The van der Waals surface area contributed by atoms with Gasteiger partial charge in [0.1, 0.15) is 0 Å². The first-order chi connectivity index (χ1) is 15.9. The van der Waals surface area contributed by atoms with Gasteiger partial charge < -0.3 is 14.8 Å². The van der Waals surface area contributed by atoms with Crippen molar-refractivity contribution in [3.05, 3.63) is 113 Å². The largest absolute Gasteiger partial charge is 0.351 e. The number of rotatable bonds is 4. The minimum absolute atomic E-state index is 0.0143. The third kappa shape index (κ3) is 3.83. The van der Waals surface area contributed by atoms with Crippen molar-refractivity contribution < 1.29 is 0 Å². The van der Waals surface area contributed by atoms with E-state index in [0.717, 1.165) is 16.5 Å². The van der Waals surface area contributed by atoms with E-state index in [1.165, 1.54) is 33.8 Å². The van der Waals surface area contributed by atoms with E-state index < -0.39 is 0 Å². The van der Waals surface area contributed by atoms with E-state index in [2.05, 4.69) is 108 Å². The Morgan fingerprint density at radius 2 is 1.61 bits per heavy atom. The standard InChI is InChI=1S/C28H28N4S/c1-18-11-13-22(14-12-18)31-20(3)17-24(21(31)4)27-26(25-10-5-6-15-29-25)30-28(33)32(27)23-9-7-8-19(2)16-23/h5-17,26-27H,1-4H3,(H,30,33)/t26-,27+/m0/s1. The molecule has 2 aromatic heterocycles. The van der Waals surface area contributed by atoms with Crippen LogP contribution in [0.5, 0.6) is 0 Å². The van der Waals surface area contributed by atoms with Gasteiger partial charge in [0.25, 0.3) is 0 Å². The van der Waals surface area contributed by atoms with Crippen LogP contribution in [0.15, 0.2) is 79.0 Å². The molecule has 3 heterocycles. The van der Waals surface area contributed by atoms with Gasteiger partial charge in [-0.15, -0.1) is 0 Å². The molecule has 0 spiro atoms. The highest BCUT2D eigenvalue weighted by molar-refractivity contribution is 7.80. The fourth-order valence-electron chi connectivity index (χ4n) is 4.91. The number of nitrogens with one attached hydrogen (secondary N) is 1. The summed E-state index contributed by atoms with van der Waals surface area (Å²) in [6.07, 6.45) is 1.85. The summed E-state index contributed by atoms with van der Waals surface area (Å²) in [7, 11) is 0. The van der Waals surface area contributed by atoms with Crippen molar-refractivity contribution in [1.82, 2.24) is 14.9 Å². The zero-order valence-corrected chi connectivity index (χ0v) is 20.2. The minimum atomic E-state index is -0.0498. The van der Waals surface area contributed by atoms with Crippen molar-refractivity contribution in [2.45, 2.75) is 39.8 Å². The minimum Gasteiger partial charge on any atom is -0.351 e. The number of anilines is 1. The van der Waals surface area contributed by atoms with Gasteiger partial charge in [-0.3, -0.25) is 4.98 Å². The van der Waals surface area contributed by atoms with Crippen LogP contribution >= 0.6 is 12.2 Å². The summed E-state index contributed by atoms with van der Waals surface area (Å²) in [5, 5.41) is 4.30. The molecule has 0 amide bonds. The predicted molar refractivity (Wildman–Crippen MR) is 139 cm³/mol. The number of hydrogen-bond donors (Lipinski definition) is 1. The SMILES string of the molecule is Cc1ccc(-n2c(C)cc([C@@H]3[C@H](c4ccccn4)NC(=S)N3c3cccc(C)c3)c2C)cc1. The average Bonchev–Trinajstić information content (AvgIpc) is 3.30. The first-order valence-electron chi connectivity index (χ1n) is 11.3. The second-order valence-corrected chi connectivity index (χ2v) is 9.22. The lowest BCUT2D eigenvalue weighted by Gasteiger charge is -2.28. The van der Waals surface area contributed by atoms with Crippen molar-refractivity contribution in [1.29, 1.82) is 0 Å². The molecule has 166 valence electrons. The molecule has 1 aliphatic heterocycles. The fourth-order valence-corrected chi connectivity index (χ4v) is 5.25. The van der Waals surface area contributed by atoms with Crippen LogP contribution in [0.1, 0.15) is 45.9 Å². The Kier molecular flexibility index (Phi) is 5.51. The number of nitrogens with zero attached hydrogens (tertiary/aromatic N) is 3. The van der Waals surface area contributed by atoms with Gasteiger partial charge in [0.2, 0.25) is 0 Å². The maximum atomic E-state index is 5.89. The molecule has 2 aromatic carbocycles. The van der Waals surface area contributed by atoms with E-state index in [-0.39, 0.29) is 12.1 Å². The summed E-state index contributed by atoms with van der Waals surface area (Å²) in [4.78, 5) is 6.94. The molecule has 0 aliphatic carbocycles. The summed E-state index contributed by atoms with van der Waals surface area (Å²) in [6, 6.07) is 25.5. The lowest BCUT2D eigenvalue weighted by atomic mass is 9.96. The zero-order chi connectivity index (χ0) is 23.1. The lowest BCUT2D eigenvalue weighted by Crippen LogP contribution is -2.29. The Morgan fingerprint density at radius 3 is 2.30 bits per heavy atom. The first kappa shape index (κ1) is 21.4. The Balaban J connectivity index is 1.68. The molecule has 0 radical (unpaired) electrons. The summed E-state index contributed by atoms with van der Waals surface area (Å²) >= 11 is 5.89. The second kappa shape index (κ2) is 8.49. The molecule has 4 aromatic rings. The molecule has 5 rings (SSSR count). The van der Waals surface area contributed by atoms with Gasteiger partial charge in [0.15, 0.2) is 5.11 Å². The van der Waals surface area contributed by atoms with Gasteiger partial charge in [-0.05, 0) is 93.5 Å². The second-order valence-electron chi connectivity index (χ2n) is 8.83. The number of pyridine rings is 1. The smallest absolute Gasteiger partial charge is 0.174 e. The maximum absolute atomic E-state index is 5.89. The molecule has 33 heavy (non-hydrogen) atoms. The van der Waals surface area contributed by atoms with Crippen molar-refractivity contribution in [2.24, 2.45) is 0 Å². The molecular formula is C28H28N4S. The third-order valence-corrected chi connectivity index (χ3v) is 6.77. The van der Waals surface area contributed by atoms with Gasteiger partial charge in [-0.25, -0.2) is 0 Å². The van der Waals surface area contributed by atoms with Crippen LogP contribution in [0.25, 0.3) is 5.69 Å². The number of aryl methyl sites for hydroxylation is 3. The Bertz CT molecular complexity index is 1310. The third-order valence-electron chi connectivity index (χ3n) is 6.46. The molecule has 5 heteroatoms. The Morgan fingerprint density at radius 1 is 0.818 bits per heavy atom. The number of benzene rings is 2. The monoisotopic (exact) mass is 452 g/mol. The van der Waals surface area contributed by atoms with Gasteiger partial charge in [0, 0.05) is 29.0 Å². The fraction of sp³-hybridized carbons (Fsp3) is 0.214. The summed E-state index contributed by atoms with van der Waals surface area (Å²) < 4.78 is 2.33. The van der Waals surface area contributed by atoms with E-state index in [1.54, 1.807) is 0 Å². The molecule has 2 atom stereocenters. The van der Waals surface area contributed by atoms with Crippen LogP contribution < -0.4 is 10.2 Å². The van der Waals surface area contributed by atoms with Crippen molar-refractivity contribution in [3.8, 4) is 5.69 Å². The molecular weight excluding hydrogens is 424 g/mol. The average molecular weight is 453 g/mol. The quantitative estimate of drug-likeness (QED) is 0.369. The number of aromatic nitrogens is 2. The van der Waals surface area contributed by atoms with Crippen LogP contribution in [-0.2, 0) is 0 Å². The zero-order valence-electron chi connectivity index (χ0n) is 19.4. The Hall–Kier alpha value is -3.44. The Labute approximate surface area is 200 Å². The summed E-state index contributed by atoms with van der Waals surface area (Å²) in [6.45, 7) is 8.61. The van der Waals surface area contributed by atoms with Crippen molar-refractivity contribution in [3.63, 3.8) is 0 Å². The van der Waals surface area contributed by atoms with Gasteiger partial charge in [-0.2, -0.15) is 0 Å². The molecule has 4 nitrogen and oxygen atoms in total. The van der Waals surface area contributed by atoms with Crippen molar-refractivity contribution >= 4 is 23.0 Å². The van der Waals surface area contributed by atoms with Crippen LogP contribution in [-0.4, -0.2) is 14.7 Å². The van der Waals surface area contributed by atoms with E-state index >= 15 is 0 Å². The van der Waals surface area contributed by atoms with Crippen LogP contribution in [0.4, 0.5) is 5.69 Å². The van der Waals surface area contributed by atoms with Crippen LogP contribution in [0.3, 0.4) is 0 Å². The van der Waals surface area contributed by atoms with E-state index in [1.807, 2.05) is 18.3 Å². The molecule has 0 bridgehead atoms. The molecule has 0 unspecified atom stereocenters. The highest BCUT2D eigenvalue weighted by Gasteiger charge is 2.42. The van der Waals surface area contributed by atoms with Gasteiger partial charge in [-0.1, -0.05) is 35.9 Å². The molecule has 0 saturated carbocycles. The van der Waals surface area contributed by atoms with Gasteiger partial charge >= 0.3 is 0 Å². The topological polar surface area (TPSA) is 33.1 Å². The summed E-state index contributed by atoms with van der Waals surface area (Å²) in [5.41, 5.74) is 9.38. The number of thiocarbonyl (C=S) groups is 1. The lowest BCUT2D eigenvalue weighted by molar-refractivity contribution is 0.565. The molecule has 1 fully saturated rings. The molecule has 1 saturated heterocycles. The van der Waals surface area contributed by atoms with Crippen LogP contribution in [0, 0.1) is 27.7 Å². The van der Waals surface area contributed by atoms with Crippen LogP contribution in [0.2, 0.25) is 0 Å². The van der Waals surface area contributed by atoms with E-state index in [9.17, 15) is 0 Å².